The van der Waals surface area contributed by atoms with Crippen LogP contribution in [0.1, 0.15) is 22.3 Å². The molecule has 0 amide bonds. The molecule has 2 N–H and O–H groups in total. The molecule has 21 heavy (non-hydrogen) atoms. The van der Waals surface area contributed by atoms with Crippen molar-refractivity contribution in [2.24, 2.45) is 0 Å². The molecule has 0 heterocycles. The first kappa shape index (κ1) is 15.8. The summed E-state index contributed by atoms with van der Waals surface area (Å²) in [4.78, 5) is 19.0. The maximum atomic E-state index is 11.6. The van der Waals surface area contributed by atoms with E-state index >= 15 is 0 Å². The highest BCUT2D eigenvalue weighted by Gasteiger charge is 2.24. The molecule has 0 radical (unpaired) electrons. The molecule has 112 valence electrons. The van der Waals surface area contributed by atoms with E-state index in [1.807, 2.05) is 39.8 Å². The lowest BCUT2D eigenvalue weighted by atomic mass is 10.1. The van der Waals surface area contributed by atoms with Crippen LogP contribution in [0.25, 0.3) is 0 Å². The van der Waals surface area contributed by atoms with Crippen molar-refractivity contribution >= 4 is 12.9 Å². The lowest BCUT2D eigenvalue weighted by molar-refractivity contribution is 0.385. The third-order valence-corrected chi connectivity index (χ3v) is 4.57. The highest BCUT2D eigenvalue weighted by Crippen LogP contribution is 2.39. The first-order valence-electron chi connectivity index (χ1n) is 6.61. The zero-order valence-electron chi connectivity index (χ0n) is 12.5. The number of hydrogen-bond acceptors (Lipinski definition) is 2. The average molecular weight is 306 g/mol. The van der Waals surface area contributed by atoms with Gasteiger partial charge in [0.25, 0.3) is 0 Å². The molecule has 0 atom stereocenters. The molecular formula is C16H19O4P. The third-order valence-electron chi connectivity index (χ3n) is 3.60. The van der Waals surface area contributed by atoms with Crippen molar-refractivity contribution in [3.63, 3.8) is 0 Å². The topological polar surface area (TPSA) is 66.8 Å². The fraction of sp³-hybridized carbons (Fsp3) is 0.250. The summed E-state index contributed by atoms with van der Waals surface area (Å²) in [6, 6.07) is 8.73. The van der Waals surface area contributed by atoms with Crippen molar-refractivity contribution in [3.05, 3.63) is 52.6 Å². The van der Waals surface area contributed by atoms with E-state index in [2.05, 4.69) is 0 Å². The molecular weight excluding hydrogens is 287 g/mol. The number of aryl methyl sites for hydroxylation is 4. The van der Waals surface area contributed by atoms with Gasteiger partial charge in [-0.3, -0.25) is 4.57 Å². The van der Waals surface area contributed by atoms with Crippen molar-refractivity contribution in [3.8, 4) is 11.5 Å². The van der Waals surface area contributed by atoms with Crippen molar-refractivity contribution < 1.29 is 19.1 Å². The SMILES string of the molecule is Cc1ccc(Oc2cc(C)c(C)cc2P(=O)(O)O)cc1C. The fourth-order valence-corrected chi connectivity index (χ4v) is 2.75. The molecule has 2 aromatic carbocycles. The summed E-state index contributed by atoms with van der Waals surface area (Å²) in [5.41, 5.74) is 3.94. The molecule has 0 saturated carbocycles. The average Bonchev–Trinajstić information content (AvgIpc) is 2.36. The molecule has 2 aromatic rings. The molecule has 0 aliphatic rings. The third kappa shape index (κ3) is 3.53. The molecule has 0 aliphatic carbocycles. The molecule has 0 spiro atoms. The number of ether oxygens (including phenoxy) is 1. The van der Waals surface area contributed by atoms with Crippen LogP contribution in [0, 0.1) is 27.7 Å². The monoisotopic (exact) mass is 306 g/mol. The largest absolute Gasteiger partial charge is 0.456 e. The van der Waals surface area contributed by atoms with Crippen LogP contribution in [-0.2, 0) is 4.57 Å². The van der Waals surface area contributed by atoms with E-state index in [0.717, 1.165) is 22.3 Å². The van der Waals surface area contributed by atoms with Gasteiger partial charge < -0.3 is 14.5 Å². The van der Waals surface area contributed by atoms with Gasteiger partial charge in [-0.1, -0.05) is 6.07 Å². The van der Waals surface area contributed by atoms with Crippen molar-refractivity contribution in [2.75, 3.05) is 0 Å². The van der Waals surface area contributed by atoms with Crippen LogP contribution < -0.4 is 10.0 Å². The predicted octanol–water partition coefficient (Wildman–Crippen LogP) is 3.52. The second-order valence-corrected chi connectivity index (χ2v) is 6.87. The van der Waals surface area contributed by atoms with Gasteiger partial charge >= 0.3 is 7.60 Å². The summed E-state index contributed by atoms with van der Waals surface area (Å²) in [6.45, 7) is 7.66. The number of rotatable bonds is 3. The van der Waals surface area contributed by atoms with Crippen LogP contribution in [-0.4, -0.2) is 9.79 Å². The minimum Gasteiger partial charge on any atom is -0.456 e. The quantitative estimate of drug-likeness (QED) is 0.852. The first-order chi connectivity index (χ1) is 9.68. The Balaban J connectivity index is 2.50. The minimum absolute atomic E-state index is 0.0798. The predicted molar refractivity (Wildman–Crippen MR) is 83.6 cm³/mol. The van der Waals surface area contributed by atoms with Gasteiger partial charge in [0, 0.05) is 0 Å². The molecule has 2 rings (SSSR count). The van der Waals surface area contributed by atoms with E-state index in [1.54, 1.807) is 12.1 Å². The maximum Gasteiger partial charge on any atom is 0.359 e. The summed E-state index contributed by atoms with van der Waals surface area (Å²) in [6.07, 6.45) is 0. The zero-order chi connectivity index (χ0) is 15.8. The summed E-state index contributed by atoms with van der Waals surface area (Å²) < 4.78 is 17.4. The molecule has 4 nitrogen and oxygen atoms in total. The van der Waals surface area contributed by atoms with Gasteiger partial charge in [0.2, 0.25) is 0 Å². The van der Waals surface area contributed by atoms with E-state index in [9.17, 15) is 14.4 Å². The van der Waals surface area contributed by atoms with Gasteiger partial charge in [-0.15, -0.1) is 0 Å². The molecule has 0 unspecified atom stereocenters. The van der Waals surface area contributed by atoms with Crippen molar-refractivity contribution in [1.29, 1.82) is 0 Å². The Bertz CT molecular complexity index is 731. The summed E-state index contributed by atoms with van der Waals surface area (Å²) in [5.74, 6) is 0.769. The van der Waals surface area contributed by atoms with E-state index in [-0.39, 0.29) is 11.1 Å². The minimum atomic E-state index is -4.39. The van der Waals surface area contributed by atoms with Crippen LogP contribution in [0.4, 0.5) is 0 Å². The van der Waals surface area contributed by atoms with E-state index in [4.69, 9.17) is 4.74 Å². The Morgan fingerprint density at radius 3 is 2.00 bits per heavy atom. The second kappa shape index (κ2) is 5.64. The molecule has 0 aromatic heterocycles. The van der Waals surface area contributed by atoms with Crippen LogP contribution in [0.15, 0.2) is 30.3 Å². The molecule has 5 heteroatoms. The first-order valence-corrected chi connectivity index (χ1v) is 8.22. The molecule has 0 saturated heterocycles. The van der Waals surface area contributed by atoms with Crippen molar-refractivity contribution in [1.82, 2.24) is 0 Å². The number of hydrogen-bond donors (Lipinski definition) is 2. The lowest BCUT2D eigenvalue weighted by Crippen LogP contribution is -2.09. The van der Waals surface area contributed by atoms with Crippen LogP contribution in [0.3, 0.4) is 0 Å². The van der Waals surface area contributed by atoms with E-state index < -0.39 is 7.60 Å². The van der Waals surface area contributed by atoms with Crippen LogP contribution in [0.2, 0.25) is 0 Å². The zero-order valence-corrected chi connectivity index (χ0v) is 13.4. The Labute approximate surface area is 124 Å². The van der Waals surface area contributed by atoms with Gasteiger partial charge in [-0.25, -0.2) is 0 Å². The smallest absolute Gasteiger partial charge is 0.359 e. The van der Waals surface area contributed by atoms with E-state index in [1.165, 1.54) is 6.07 Å². The standard InChI is InChI=1S/C16H19O4P/c1-10-5-6-14(7-11(10)2)20-15-8-12(3)13(4)9-16(15)21(17,18)19/h5-9H,1-4H3,(H2,17,18,19). The van der Waals surface area contributed by atoms with Gasteiger partial charge in [0.05, 0.1) is 0 Å². The lowest BCUT2D eigenvalue weighted by Gasteiger charge is -2.15. The Morgan fingerprint density at radius 2 is 1.43 bits per heavy atom. The molecule has 0 aliphatic heterocycles. The maximum absolute atomic E-state index is 11.6. The normalized spacial score (nSPS) is 11.5. The summed E-state index contributed by atoms with van der Waals surface area (Å²) in [5, 5.41) is -0.0798. The second-order valence-electron chi connectivity index (χ2n) is 5.30. The highest BCUT2D eigenvalue weighted by atomic mass is 31.2. The molecule has 0 fully saturated rings. The van der Waals surface area contributed by atoms with Crippen LogP contribution >= 0.6 is 7.60 Å². The van der Waals surface area contributed by atoms with Gasteiger partial charge in [-0.2, -0.15) is 0 Å². The van der Waals surface area contributed by atoms with Crippen LogP contribution in [0.5, 0.6) is 11.5 Å². The Kier molecular flexibility index (Phi) is 4.24. The van der Waals surface area contributed by atoms with Gasteiger partial charge in [0.15, 0.2) is 0 Å². The number of benzene rings is 2. The molecule has 0 bridgehead atoms. The highest BCUT2D eigenvalue weighted by molar-refractivity contribution is 7.60. The van der Waals surface area contributed by atoms with Gasteiger partial charge in [-0.05, 0) is 74.2 Å². The van der Waals surface area contributed by atoms with E-state index in [0.29, 0.717) is 5.75 Å². The van der Waals surface area contributed by atoms with Gasteiger partial charge in [0.1, 0.15) is 16.8 Å². The Hall–Kier alpha value is -1.61. The fourth-order valence-electron chi connectivity index (χ4n) is 1.99. The summed E-state index contributed by atoms with van der Waals surface area (Å²) in [7, 11) is -4.39. The Morgan fingerprint density at radius 1 is 0.857 bits per heavy atom. The van der Waals surface area contributed by atoms with Crippen molar-refractivity contribution in [2.45, 2.75) is 27.7 Å². The summed E-state index contributed by atoms with van der Waals surface area (Å²) >= 11 is 0.